The van der Waals surface area contributed by atoms with Crippen molar-refractivity contribution in [3.05, 3.63) is 34.0 Å². The highest BCUT2D eigenvalue weighted by atomic mass is 79.9. The molecule has 2 heterocycles. The van der Waals surface area contributed by atoms with E-state index in [1.54, 1.807) is 23.1 Å². The first-order valence-corrected chi connectivity index (χ1v) is 11.0. The number of nitrogens with zero attached hydrogens (tertiary/aromatic N) is 2. The number of hydrogen-bond donors (Lipinski definition) is 0. The number of halogens is 2. The maximum absolute atomic E-state index is 13.5. The van der Waals surface area contributed by atoms with Gasteiger partial charge in [0.1, 0.15) is 11.3 Å². The summed E-state index contributed by atoms with van der Waals surface area (Å²) in [5.74, 6) is 0.00315. The zero-order valence-corrected chi connectivity index (χ0v) is 19.7. The average molecular weight is 489 g/mol. The average Bonchev–Trinajstić information content (AvgIpc) is 2.68. The van der Waals surface area contributed by atoms with Gasteiger partial charge >= 0.3 is 12.0 Å². The molecular formula is C20H26BrFN2O4S. The largest absolute Gasteiger partial charge is 0.449 e. The highest BCUT2D eigenvalue weighted by Gasteiger charge is 2.36. The molecule has 1 aromatic rings. The summed E-state index contributed by atoms with van der Waals surface area (Å²) in [5, 5.41) is 0. The van der Waals surface area contributed by atoms with Crippen LogP contribution in [0.2, 0.25) is 0 Å². The maximum Gasteiger partial charge on any atom is 0.410 e. The SMILES string of the molecule is CC.CC(C)(C)OC(=O)N1CCC(=C2Oc3cccc(Br)c3N(SF)C2=O)CC1. The van der Waals surface area contributed by atoms with Crippen LogP contribution in [0.5, 0.6) is 5.75 Å². The Hall–Kier alpha value is -1.74. The highest BCUT2D eigenvalue weighted by molar-refractivity contribution is 9.10. The molecule has 0 saturated carbocycles. The Bertz CT molecular complexity index is 800. The van der Waals surface area contributed by atoms with Gasteiger partial charge in [-0.1, -0.05) is 19.9 Å². The topological polar surface area (TPSA) is 59.1 Å². The van der Waals surface area contributed by atoms with Crippen LogP contribution >= 0.6 is 28.3 Å². The first-order chi connectivity index (χ1) is 13.7. The minimum atomic E-state index is -0.561. The molecule has 0 aliphatic carbocycles. The zero-order chi connectivity index (χ0) is 21.8. The van der Waals surface area contributed by atoms with E-state index in [4.69, 9.17) is 9.47 Å². The van der Waals surface area contributed by atoms with Crippen LogP contribution < -0.4 is 9.04 Å². The van der Waals surface area contributed by atoms with Crippen molar-refractivity contribution >= 4 is 46.0 Å². The molecule has 2 aliphatic heterocycles. The van der Waals surface area contributed by atoms with Crippen molar-refractivity contribution in [3.63, 3.8) is 0 Å². The van der Waals surface area contributed by atoms with Crippen molar-refractivity contribution in [2.45, 2.75) is 53.1 Å². The number of rotatable bonds is 1. The van der Waals surface area contributed by atoms with Crippen LogP contribution in [0, 0.1) is 0 Å². The third-order valence-electron chi connectivity index (χ3n) is 4.15. The molecule has 0 radical (unpaired) electrons. The Kier molecular flexibility index (Phi) is 7.99. The summed E-state index contributed by atoms with van der Waals surface area (Å²) >= 11 is 3.17. The summed E-state index contributed by atoms with van der Waals surface area (Å²) in [4.78, 5) is 26.5. The monoisotopic (exact) mass is 488 g/mol. The molecule has 3 rings (SSSR count). The van der Waals surface area contributed by atoms with Crippen LogP contribution in [0.4, 0.5) is 14.4 Å². The minimum absolute atomic E-state index is 0.134. The second-order valence-electron chi connectivity index (χ2n) is 7.26. The van der Waals surface area contributed by atoms with Crippen molar-refractivity contribution < 1.29 is 22.9 Å². The van der Waals surface area contributed by atoms with Gasteiger partial charge in [0.05, 0.1) is 0 Å². The molecule has 0 aromatic heterocycles. The second-order valence-corrected chi connectivity index (χ2v) is 8.61. The quantitative estimate of drug-likeness (QED) is 0.357. The number of hydrogen-bond acceptors (Lipinski definition) is 5. The van der Waals surface area contributed by atoms with Crippen LogP contribution in [-0.4, -0.2) is 35.6 Å². The number of amides is 2. The number of para-hydroxylation sites is 1. The lowest BCUT2D eigenvalue weighted by Crippen LogP contribution is -2.41. The molecule has 0 N–H and O–H groups in total. The highest BCUT2D eigenvalue weighted by Crippen LogP contribution is 2.45. The van der Waals surface area contributed by atoms with Gasteiger partial charge in [0.15, 0.2) is 23.8 Å². The van der Waals surface area contributed by atoms with Crippen LogP contribution in [0.15, 0.2) is 34.0 Å². The lowest BCUT2D eigenvalue weighted by Gasteiger charge is -2.33. The number of piperidine rings is 1. The van der Waals surface area contributed by atoms with Gasteiger partial charge in [-0.2, -0.15) is 0 Å². The van der Waals surface area contributed by atoms with E-state index in [0.717, 1.165) is 9.88 Å². The van der Waals surface area contributed by atoms with E-state index in [1.807, 2.05) is 34.6 Å². The predicted molar refractivity (Wildman–Crippen MR) is 116 cm³/mol. The first kappa shape index (κ1) is 23.5. The third-order valence-corrected chi connectivity index (χ3v) is 5.28. The van der Waals surface area contributed by atoms with Crippen molar-refractivity contribution in [1.82, 2.24) is 4.90 Å². The number of benzene rings is 1. The molecule has 160 valence electrons. The van der Waals surface area contributed by atoms with Gasteiger partial charge in [0, 0.05) is 17.6 Å². The van der Waals surface area contributed by atoms with Crippen molar-refractivity contribution in [1.29, 1.82) is 0 Å². The van der Waals surface area contributed by atoms with E-state index in [2.05, 4.69) is 15.9 Å². The molecule has 0 bridgehead atoms. The number of fused-ring (bicyclic) bond motifs is 1. The van der Waals surface area contributed by atoms with Gasteiger partial charge in [-0.05, 0) is 67.2 Å². The fraction of sp³-hybridized carbons (Fsp3) is 0.500. The van der Waals surface area contributed by atoms with E-state index in [9.17, 15) is 13.5 Å². The van der Waals surface area contributed by atoms with Crippen LogP contribution in [0.3, 0.4) is 0 Å². The Labute approximate surface area is 184 Å². The summed E-state index contributed by atoms with van der Waals surface area (Å²) in [6, 6.07) is 5.16. The molecule has 0 spiro atoms. The normalized spacial score (nSPS) is 16.6. The van der Waals surface area contributed by atoms with Gasteiger partial charge < -0.3 is 14.4 Å². The summed E-state index contributed by atoms with van der Waals surface area (Å²) < 4.78 is 26.3. The van der Waals surface area contributed by atoms with Gasteiger partial charge in [-0.3, -0.25) is 4.79 Å². The Morgan fingerprint density at radius 2 is 1.86 bits per heavy atom. The molecule has 29 heavy (non-hydrogen) atoms. The molecule has 2 aliphatic rings. The van der Waals surface area contributed by atoms with Gasteiger partial charge in [-0.25, -0.2) is 9.10 Å². The van der Waals surface area contributed by atoms with E-state index < -0.39 is 11.5 Å². The standard InChI is InChI=1S/C18H20BrFN2O4S.C2H6/c1-18(2,3)26-17(24)21-9-7-11(8-10-21)15-16(23)22(27-20)14-12(19)5-4-6-13(14)25-15;1-2/h4-6H,7-10H2,1-3H3;1-2H3. The smallest absolute Gasteiger partial charge is 0.410 e. The maximum atomic E-state index is 13.5. The van der Waals surface area contributed by atoms with Crippen molar-refractivity contribution in [2.24, 2.45) is 0 Å². The van der Waals surface area contributed by atoms with E-state index in [-0.39, 0.29) is 24.2 Å². The predicted octanol–water partition coefficient (Wildman–Crippen LogP) is 6.02. The van der Waals surface area contributed by atoms with E-state index in [1.165, 1.54) is 0 Å². The van der Waals surface area contributed by atoms with Crippen molar-refractivity contribution in [2.75, 3.05) is 17.4 Å². The fourth-order valence-corrected chi connectivity index (χ4v) is 3.97. The molecular weight excluding hydrogens is 463 g/mol. The van der Waals surface area contributed by atoms with E-state index >= 15 is 0 Å². The molecule has 1 aromatic carbocycles. The molecule has 0 unspecified atom stereocenters. The fourth-order valence-electron chi connectivity index (χ4n) is 2.92. The number of ether oxygens (including phenoxy) is 2. The lowest BCUT2D eigenvalue weighted by molar-refractivity contribution is -0.116. The van der Waals surface area contributed by atoms with Crippen molar-refractivity contribution in [3.8, 4) is 5.75 Å². The second kappa shape index (κ2) is 9.84. The Balaban J connectivity index is 0.00000145. The number of likely N-dealkylation sites (tertiary alicyclic amines) is 1. The van der Waals surface area contributed by atoms with Gasteiger partial charge in [-0.15, -0.1) is 3.89 Å². The third kappa shape index (κ3) is 5.45. The van der Waals surface area contributed by atoms with E-state index in [0.29, 0.717) is 41.8 Å². The van der Waals surface area contributed by atoms with Crippen LogP contribution in [-0.2, 0) is 9.53 Å². The zero-order valence-electron chi connectivity index (χ0n) is 17.3. The Morgan fingerprint density at radius 1 is 1.24 bits per heavy atom. The summed E-state index contributed by atoms with van der Waals surface area (Å²) in [5.41, 5.74) is 0.559. The van der Waals surface area contributed by atoms with Gasteiger partial charge in [0.2, 0.25) is 0 Å². The summed E-state index contributed by atoms with van der Waals surface area (Å²) in [6.45, 7) is 10.3. The minimum Gasteiger partial charge on any atom is -0.449 e. The summed E-state index contributed by atoms with van der Waals surface area (Å²) in [7, 11) is 0. The number of carbonyl (C=O) groups excluding carboxylic acids is 2. The van der Waals surface area contributed by atoms with Crippen LogP contribution in [0.25, 0.3) is 0 Å². The number of carbonyl (C=O) groups is 2. The number of anilines is 1. The molecule has 1 fully saturated rings. The molecule has 1 saturated heterocycles. The summed E-state index contributed by atoms with van der Waals surface area (Å²) in [6.07, 6.45) is 0.556. The molecule has 9 heteroatoms. The molecule has 2 amide bonds. The molecule has 0 atom stereocenters. The van der Waals surface area contributed by atoms with Gasteiger partial charge in [0.25, 0.3) is 0 Å². The molecule has 6 nitrogen and oxygen atoms in total. The lowest BCUT2D eigenvalue weighted by atomic mass is 10.0. The van der Waals surface area contributed by atoms with Crippen LogP contribution in [0.1, 0.15) is 47.5 Å². The Morgan fingerprint density at radius 3 is 2.41 bits per heavy atom. The first-order valence-electron chi connectivity index (χ1n) is 9.51.